The lowest BCUT2D eigenvalue weighted by Gasteiger charge is -2.20. The number of aryl methyl sites for hydroxylation is 1. The van der Waals surface area contributed by atoms with Crippen molar-refractivity contribution >= 4 is 29.6 Å². The minimum atomic E-state index is -0.679. The number of nitrogens with two attached hydrogens (primary N) is 1. The molecule has 0 aliphatic heterocycles. The van der Waals surface area contributed by atoms with Gasteiger partial charge < -0.3 is 20.5 Å². The number of carbonyl (C=O) groups is 3. The predicted molar refractivity (Wildman–Crippen MR) is 202 cm³/mol. The largest absolute Gasteiger partial charge is 0.462 e. The van der Waals surface area contributed by atoms with Crippen molar-refractivity contribution in [1.29, 1.82) is 0 Å². The standard InChI is InChI=1S/C40H70N2O5S/c1-4-6-8-10-12-14-16-18-23-27-38(43)46-31-36(47-39(44)28-24-19-17-15-13-11-9-7-5-2)32-48-33-37(41)40(45)42-34(3)29-30-35-25-21-20-22-26-35/h20-22,25-26,34,36-37H,4-19,23-24,27-33,41H2,1-3H3,(H,42,45)/t34?,36-,37+/m1/s1. The van der Waals surface area contributed by atoms with E-state index in [1.165, 1.54) is 94.4 Å². The summed E-state index contributed by atoms with van der Waals surface area (Å²) < 4.78 is 11.3. The second-order valence-corrected chi connectivity index (χ2v) is 14.6. The molecule has 0 aromatic heterocycles. The Hall–Kier alpha value is -2.06. The van der Waals surface area contributed by atoms with E-state index in [2.05, 4.69) is 31.3 Å². The quantitative estimate of drug-likeness (QED) is 0.0573. The summed E-state index contributed by atoms with van der Waals surface area (Å²) in [7, 11) is 0. The highest BCUT2D eigenvalue weighted by molar-refractivity contribution is 7.99. The highest BCUT2D eigenvalue weighted by Gasteiger charge is 2.20. The fourth-order valence-electron chi connectivity index (χ4n) is 5.63. The van der Waals surface area contributed by atoms with Gasteiger partial charge in [0.1, 0.15) is 12.7 Å². The second-order valence-electron chi connectivity index (χ2n) is 13.5. The number of hydrogen-bond acceptors (Lipinski definition) is 7. The van der Waals surface area contributed by atoms with Crippen LogP contribution >= 0.6 is 11.8 Å². The van der Waals surface area contributed by atoms with Crippen molar-refractivity contribution in [3.63, 3.8) is 0 Å². The molecule has 1 unspecified atom stereocenters. The van der Waals surface area contributed by atoms with E-state index in [4.69, 9.17) is 15.2 Å². The van der Waals surface area contributed by atoms with Gasteiger partial charge in [-0.05, 0) is 38.2 Å². The Morgan fingerprint density at radius 3 is 1.75 bits per heavy atom. The van der Waals surface area contributed by atoms with Gasteiger partial charge in [0.15, 0.2) is 0 Å². The maximum atomic E-state index is 12.7. The van der Waals surface area contributed by atoms with Gasteiger partial charge in [0.05, 0.1) is 6.04 Å². The van der Waals surface area contributed by atoms with E-state index in [9.17, 15) is 14.4 Å². The molecule has 0 spiro atoms. The van der Waals surface area contributed by atoms with Crippen molar-refractivity contribution < 1.29 is 23.9 Å². The van der Waals surface area contributed by atoms with Gasteiger partial charge in [-0.3, -0.25) is 14.4 Å². The van der Waals surface area contributed by atoms with E-state index in [1.54, 1.807) is 0 Å². The molecule has 0 saturated heterocycles. The second kappa shape index (κ2) is 31.0. The molecule has 0 fully saturated rings. The van der Waals surface area contributed by atoms with Crippen LogP contribution in [0.4, 0.5) is 0 Å². The van der Waals surface area contributed by atoms with Crippen molar-refractivity contribution in [1.82, 2.24) is 5.32 Å². The van der Waals surface area contributed by atoms with Crippen molar-refractivity contribution in [2.24, 2.45) is 5.73 Å². The minimum Gasteiger partial charge on any atom is -0.462 e. The molecule has 0 bridgehead atoms. The van der Waals surface area contributed by atoms with Gasteiger partial charge in [-0.1, -0.05) is 147 Å². The van der Waals surface area contributed by atoms with Crippen LogP contribution in [0.15, 0.2) is 30.3 Å². The fraction of sp³-hybridized carbons (Fsp3) is 0.775. The Morgan fingerprint density at radius 1 is 0.708 bits per heavy atom. The first-order chi connectivity index (χ1) is 23.3. The lowest BCUT2D eigenvalue weighted by Crippen LogP contribution is -2.46. The third-order valence-electron chi connectivity index (χ3n) is 8.73. The number of ether oxygens (including phenoxy) is 2. The van der Waals surface area contributed by atoms with Gasteiger partial charge >= 0.3 is 11.9 Å². The number of benzene rings is 1. The summed E-state index contributed by atoms with van der Waals surface area (Å²) in [6, 6.07) is 9.54. The van der Waals surface area contributed by atoms with E-state index in [0.29, 0.717) is 24.3 Å². The predicted octanol–water partition coefficient (Wildman–Crippen LogP) is 9.48. The molecule has 7 nitrogen and oxygen atoms in total. The van der Waals surface area contributed by atoms with Crippen LogP contribution in [0.1, 0.15) is 161 Å². The van der Waals surface area contributed by atoms with Crippen LogP contribution in [0.3, 0.4) is 0 Å². The Labute approximate surface area is 298 Å². The zero-order valence-electron chi connectivity index (χ0n) is 30.8. The maximum Gasteiger partial charge on any atom is 0.306 e. The topological polar surface area (TPSA) is 108 Å². The molecule has 3 N–H and O–H groups in total. The van der Waals surface area contributed by atoms with E-state index in [0.717, 1.165) is 51.4 Å². The molecule has 1 amide bonds. The number of esters is 2. The molecule has 3 atom stereocenters. The van der Waals surface area contributed by atoms with Gasteiger partial charge in [-0.15, -0.1) is 0 Å². The normalized spacial score (nSPS) is 13.1. The maximum absolute atomic E-state index is 12.7. The molecule has 276 valence electrons. The van der Waals surface area contributed by atoms with Gasteiger partial charge in [0.25, 0.3) is 0 Å². The highest BCUT2D eigenvalue weighted by atomic mass is 32.2. The number of hydrogen-bond donors (Lipinski definition) is 2. The first kappa shape index (κ1) is 44.0. The minimum absolute atomic E-state index is 0.00808. The average molecular weight is 691 g/mol. The summed E-state index contributed by atoms with van der Waals surface area (Å²) in [5.74, 6) is 0.112. The van der Waals surface area contributed by atoms with Gasteiger partial charge in [-0.2, -0.15) is 11.8 Å². The Morgan fingerprint density at radius 2 is 1.21 bits per heavy atom. The van der Waals surface area contributed by atoms with Crippen molar-refractivity contribution in [3.8, 4) is 0 Å². The first-order valence-electron chi connectivity index (χ1n) is 19.4. The average Bonchev–Trinajstić information content (AvgIpc) is 3.08. The van der Waals surface area contributed by atoms with Crippen LogP contribution in [0, 0.1) is 0 Å². The molecule has 0 saturated carbocycles. The van der Waals surface area contributed by atoms with Crippen LogP contribution < -0.4 is 11.1 Å². The summed E-state index contributed by atoms with van der Waals surface area (Å²) in [5.41, 5.74) is 7.46. The Balaban J connectivity index is 2.42. The van der Waals surface area contributed by atoms with Crippen molar-refractivity contribution in [3.05, 3.63) is 35.9 Å². The molecule has 1 aromatic rings. The first-order valence-corrected chi connectivity index (χ1v) is 20.5. The number of rotatable bonds is 32. The summed E-state index contributed by atoms with van der Waals surface area (Å²) in [5, 5.41) is 3.02. The third kappa shape index (κ3) is 25.9. The number of thioether (sulfide) groups is 1. The molecule has 1 aromatic carbocycles. The van der Waals surface area contributed by atoms with E-state index in [1.807, 2.05) is 25.1 Å². The summed E-state index contributed by atoms with van der Waals surface area (Å²) >= 11 is 1.45. The molecular weight excluding hydrogens is 621 g/mol. The summed E-state index contributed by atoms with van der Waals surface area (Å²) in [6.07, 6.45) is 23.2. The molecule has 0 heterocycles. The van der Waals surface area contributed by atoms with E-state index >= 15 is 0 Å². The Bertz CT molecular complexity index is 931. The van der Waals surface area contributed by atoms with Gasteiger partial charge in [0.2, 0.25) is 5.91 Å². The van der Waals surface area contributed by atoms with Gasteiger partial charge in [-0.25, -0.2) is 0 Å². The van der Waals surface area contributed by atoms with E-state index < -0.39 is 12.1 Å². The summed E-state index contributed by atoms with van der Waals surface area (Å²) in [6.45, 7) is 6.49. The molecule has 0 aliphatic carbocycles. The molecule has 1 rings (SSSR count). The van der Waals surface area contributed by atoms with Gasteiger partial charge in [0, 0.05) is 30.4 Å². The lowest BCUT2D eigenvalue weighted by molar-refractivity contribution is -0.157. The molecular formula is C40H70N2O5S. The third-order valence-corrected chi connectivity index (χ3v) is 9.93. The monoisotopic (exact) mass is 691 g/mol. The number of nitrogens with one attached hydrogen (secondary N) is 1. The smallest absolute Gasteiger partial charge is 0.306 e. The van der Waals surface area contributed by atoms with Crippen molar-refractivity contribution in [2.45, 2.75) is 180 Å². The number of unbranched alkanes of at least 4 members (excludes halogenated alkanes) is 16. The zero-order chi connectivity index (χ0) is 35.1. The van der Waals surface area contributed by atoms with Crippen LogP contribution in [0.2, 0.25) is 0 Å². The van der Waals surface area contributed by atoms with Crippen LogP contribution in [0.25, 0.3) is 0 Å². The van der Waals surface area contributed by atoms with E-state index in [-0.39, 0.29) is 30.5 Å². The van der Waals surface area contributed by atoms with Crippen LogP contribution in [-0.4, -0.2) is 54.1 Å². The zero-order valence-corrected chi connectivity index (χ0v) is 31.6. The number of carbonyl (C=O) groups excluding carboxylic acids is 3. The fourth-order valence-corrected chi connectivity index (χ4v) is 6.60. The molecule has 0 aliphatic rings. The Kier molecular flexibility index (Phi) is 28.4. The molecule has 8 heteroatoms. The molecule has 0 radical (unpaired) electrons. The number of amides is 1. The van der Waals surface area contributed by atoms with Crippen LogP contribution in [0.5, 0.6) is 0 Å². The lowest BCUT2D eigenvalue weighted by atomic mass is 10.1. The SMILES string of the molecule is CCCCCCCCCCCC(=O)OC[C@H](CSC[C@H](N)C(=O)NC(C)CCc1ccccc1)OC(=O)CCCCCCCCCCC. The summed E-state index contributed by atoms with van der Waals surface area (Å²) in [4.78, 5) is 37.9. The highest BCUT2D eigenvalue weighted by Crippen LogP contribution is 2.15. The van der Waals surface area contributed by atoms with Crippen LogP contribution in [-0.2, 0) is 30.3 Å². The van der Waals surface area contributed by atoms with Crippen molar-refractivity contribution in [2.75, 3.05) is 18.1 Å². The molecule has 48 heavy (non-hydrogen) atoms.